The molecule has 0 N–H and O–H groups in total. The van der Waals surface area contributed by atoms with E-state index in [-0.39, 0.29) is 22.4 Å². The molecule has 662 valence electrons. The monoisotopic (exact) mass is 1880 g/mol. The summed E-state index contributed by atoms with van der Waals surface area (Å²) in [6.45, 7) is 27.3. The summed E-state index contributed by atoms with van der Waals surface area (Å²) < 4.78 is 59.6. The topological polar surface area (TPSA) is 17.1 Å². The maximum absolute atomic E-state index is 18.1. The molecule has 123 heavy (non-hydrogen) atoms. The Bertz CT molecular complexity index is 5440. The zero-order chi connectivity index (χ0) is 86.2. The maximum Gasteiger partial charge on any atom is 0.213 e. The highest BCUT2D eigenvalue weighted by molar-refractivity contribution is 7.35. The Morgan fingerprint density at radius 3 is 0.976 bits per heavy atom. The molecule has 12 heterocycles. The number of Topliss-reactive ketones (excluding diaryl/α,β-unsaturated/α-hetero) is 1. The standard InChI is InChI=1S/C107H135F3OS12/c1-13-23-32-40-49-69-59-82(114-78(69)53-44-36-27-17-5)90-73-57-66(11)112-97(73)91(83-60-70(50-41-33-24-14-2)79(115-83)54-45-37-28-18-6)75-65-88(120-98(75)90)104-106-94(96(109)107(110)123-106)102(122-104)86-63-74-92(84-61-71(51-42-34-25-15-3)80(116-84)55-46-38-29-19-7)100-76(93(99(74)118-86)85-62-72(52-43-35-26-16-4)81(117-85)56-47-39-30-20-8)64-87(119-100)103-105-89(67(12)113-103)95(108)101(121-105)77(111)58-68(22-10)48-31-21-9/h57,59-65,68H,13-56,58H2,1-12H3. The lowest BCUT2D eigenvalue weighted by Crippen LogP contribution is -2.08. The van der Waals surface area contributed by atoms with E-state index in [4.69, 9.17) is 0 Å². The van der Waals surface area contributed by atoms with Gasteiger partial charge in [-0.05, 0) is 193 Å². The van der Waals surface area contributed by atoms with E-state index in [1.807, 2.05) is 56.7 Å². The van der Waals surface area contributed by atoms with Gasteiger partial charge in [-0.15, -0.1) is 136 Å². The highest BCUT2D eigenvalue weighted by Gasteiger charge is 2.34. The number of fused-ring (bicyclic) bond motifs is 6. The number of aryl methyl sites for hydroxylation is 10. The number of rotatable bonds is 54. The summed E-state index contributed by atoms with van der Waals surface area (Å²) in [4.78, 5) is 34.4. The molecule has 2 aromatic carbocycles. The van der Waals surface area contributed by atoms with E-state index in [0.717, 1.165) is 153 Å². The fraction of sp³-hybridized carbons (Fsp3) is 0.542. The second kappa shape index (κ2) is 46.1. The van der Waals surface area contributed by atoms with Crippen molar-refractivity contribution < 1.29 is 18.0 Å². The molecule has 1 unspecified atom stereocenters. The van der Waals surface area contributed by atoms with E-state index < -0.39 is 10.9 Å². The van der Waals surface area contributed by atoms with E-state index in [0.29, 0.717) is 21.9 Å². The minimum absolute atomic E-state index is 0.0659. The molecule has 0 aliphatic rings. The van der Waals surface area contributed by atoms with Crippen LogP contribution in [0.1, 0.15) is 368 Å². The highest BCUT2D eigenvalue weighted by Crippen LogP contribution is 2.62. The van der Waals surface area contributed by atoms with E-state index in [9.17, 15) is 4.79 Å². The van der Waals surface area contributed by atoms with Crippen molar-refractivity contribution >= 4 is 202 Å². The molecular formula is C107H135F3OS12. The van der Waals surface area contributed by atoms with E-state index in [2.05, 4.69) is 154 Å². The minimum Gasteiger partial charge on any atom is -0.293 e. The van der Waals surface area contributed by atoms with Gasteiger partial charge in [0.05, 0.1) is 29.4 Å². The van der Waals surface area contributed by atoms with Gasteiger partial charge in [-0.3, -0.25) is 4.79 Å². The molecule has 0 fully saturated rings. The molecule has 0 bridgehead atoms. The van der Waals surface area contributed by atoms with Gasteiger partial charge in [-0.25, -0.2) is 8.78 Å². The van der Waals surface area contributed by atoms with Crippen molar-refractivity contribution in [2.75, 3.05) is 0 Å². The lowest BCUT2D eigenvalue weighted by atomic mass is 9.93. The van der Waals surface area contributed by atoms with Gasteiger partial charge < -0.3 is 0 Å². The zero-order valence-corrected chi connectivity index (χ0v) is 85.8. The van der Waals surface area contributed by atoms with Crippen LogP contribution in [0.5, 0.6) is 0 Å². The molecule has 1 nitrogen and oxygen atoms in total. The van der Waals surface area contributed by atoms with E-state index >= 15 is 13.2 Å². The fourth-order valence-electron chi connectivity index (χ4n) is 18.9. The van der Waals surface area contributed by atoms with Gasteiger partial charge in [0.15, 0.2) is 17.4 Å². The number of hydrogen-bond acceptors (Lipinski definition) is 13. The Hall–Kier alpha value is -4.14. The zero-order valence-electron chi connectivity index (χ0n) is 76.0. The Morgan fingerprint density at radius 1 is 0.293 bits per heavy atom. The van der Waals surface area contributed by atoms with Crippen molar-refractivity contribution in [2.24, 2.45) is 5.92 Å². The molecule has 0 saturated carbocycles. The van der Waals surface area contributed by atoms with Crippen LogP contribution in [0.3, 0.4) is 0 Å². The molecule has 0 radical (unpaired) electrons. The maximum atomic E-state index is 18.1. The predicted molar refractivity (Wildman–Crippen MR) is 558 cm³/mol. The third kappa shape index (κ3) is 21.7. The third-order valence-electron chi connectivity index (χ3n) is 25.9. The van der Waals surface area contributed by atoms with E-state index in [1.54, 1.807) is 43.8 Å². The molecule has 14 rings (SSSR count). The summed E-state index contributed by atoms with van der Waals surface area (Å²) in [5.41, 5.74) is 11.1. The van der Waals surface area contributed by atoms with Crippen LogP contribution in [-0.4, -0.2) is 5.78 Å². The number of unbranched alkanes of at least 4 members (excludes halogenated alkanes) is 25. The van der Waals surface area contributed by atoms with Crippen LogP contribution >= 0.6 is 136 Å². The van der Waals surface area contributed by atoms with Crippen molar-refractivity contribution in [3.63, 3.8) is 0 Å². The van der Waals surface area contributed by atoms with Crippen LogP contribution < -0.4 is 0 Å². The number of halogens is 3. The predicted octanol–water partition coefficient (Wildman–Crippen LogP) is 41.8. The van der Waals surface area contributed by atoms with Crippen LogP contribution in [0.4, 0.5) is 13.2 Å². The average molecular weight is 1880 g/mol. The number of ketones is 1. The summed E-state index contributed by atoms with van der Waals surface area (Å²) >= 11 is 21.4. The molecule has 1 atom stereocenters. The first-order chi connectivity index (χ1) is 60.1. The lowest BCUT2D eigenvalue weighted by Gasteiger charge is -2.12. The van der Waals surface area contributed by atoms with Gasteiger partial charge in [0.2, 0.25) is 5.13 Å². The Morgan fingerprint density at radius 2 is 0.618 bits per heavy atom. The van der Waals surface area contributed by atoms with Crippen LogP contribution in [0.15, 0.2) is 48.5 Å². The number of carbonyl (C=O) groups excluding carboxylic acids is 1. The molecule has 14 aromatic rings. The normalized spacial score (nSPS) is 12.5. The van der Waals surface area contributed by atoms with Gasteiger partial charge in [-0.2, -0.15) is 4.39 Å². The van der Waals surface area contributed by atoms with E-state index in [1.165, 1.54) is 310 Å². The van der Waals surface area contributed by atoms with Crippen LogP contribution in [0.2, 0.25) is 0 Å². The molecule has 0 amide bonds. The van der Waals surface area contributed by atoms with Crippen molar-refractivity contribution in [1.82, 2.24) is 0 Å². The Labute approximate surface area is 783 Å². The van der Waals surface area contributed by atoms with Crippen molar-refractivity contribution in [1.29, 1.82) is 0 Å². The SMILES string of the molecule is CCCCCCc1cc(-c2c3cc(-c4sc(-c5cc6c(-c7cc(CCCCCC)c(CCCCCC)s7)c7sc(-c8sc(C)c9c(F)c(C(=O)CC(CC)CCCC)sc89)cc7c(-c7cc(CCCCCC)c(CCCCCC)s7)c6s5)c5c(F)c(F)sc45)sc3c(-c3cc(CCCCCC)c(CCCCCC)s3)c3cc(C)sc23)sc1CCCCCC. The summed E-state index contributed by atoms with van der Waals surface area (Å²) in [7, 11) is 0. The number of benzene rings is 2. The van der Waals surface area contributed by atoms with Gasteiger partial charge in [0.25, 0.3) is 0 Å². The quantitative estimate of drug-likeness (QED) is 0.0274. The molecule has 12 aromatic heterocycles. The second-order valence-corrected chi connectivity index (χ2v) is 48.7. The largest absolute Gasteiger partial charge is 0.293 e. The smallest absolute Gasteiger partial charge is 0.213 e. The molecular weight excluding hydrogens is 1740 g/mol. The lowest BCUT2D eigenvalue weighted by molar-refractivity contribution is 0.0957. The van der Waals surface area contributed by atoms with Crippen LogP contribution in [-0.2, 0) is 51.4 Å². The van der Waals surface area contributed by atoms with Crippen LogP contribution in [0.25, 0.3) is 132 Å². The summed E-state index contributed by atoms with van der Waals surface area (Å²) in [5, 5.41) is 5.25. The summed E-state index contributed by atoms with van der Waals surface area (Å²) in [5.74, 6) is -0.921. The number of thiophene rings is 12. The first-order valence-corrected chi connectivity index (χ1v) is 58.1. The minimum atomic E-state index is -0.748. The van der Waals surface area contributed by atoms with Gasteiger partial charge in [-0.1, -0.05) is 249 Å². The van der Waals surface area contributed by atoms with Crippen molar-refractivity contribution in [2.45, 2.75) is 372 Å². The summed E-state index contributed by atoms with van der Waals surface area (Å²) in [6, 6.07) is 20.3. The Balaban J connectivity index is 1.03. The third-order valence-corrected chi connectivity index (χ3v) is 40.7. The highest BCUT2D eigenvalue weighted by atomic mass is 32.1. The second-order valence-electron chi connectivity index (χ2n) is 35.5. The molecule has 0 aliphatic carbocycles. The van der Waals surface area contributed by atoms with Crippen molar-refractivity contribution in [3.05, 3.63) is 122 Å². The Kier molecular flexibility index (Phi) is 35.6. The molecule has 0 aliphatic heterocycles. The van der Waals surface area contributed by atoms with Gasteiger partial charge in [0, 0.05) is 138 Å². The average Bonchev–Trinajstić information content (AvgIpc) is 1.54. The summed E-state index contributed by atoms with van der Waals surface area (Å²) in [6.07, 6.45) is 51.8. The van der Waals surface area contributed by atoms with Gasteiger partial charge in [0.1, 0.15) is 4.88 Å². The number of carbonyl (C=O) groups is 1. The fourth-order valence-corrected chi connectivity index (χ4v) is 34.6. The molecule has 0 saturated heterocycles. The first-order valence-electron chi connectivity index (χ1n) is 48.3. The number of hydrogen-bond donors (Lipinski definition) is 0. The van der Waals surface area contributed by atoms with Gasteiger partial charge >= 0.3 is 0 Å². The molecule has 0 spiro atoms. The molecule has 16 heteroatoms. The van der Waals surface area contributed by atoms with Crippen molar-refractivity contribution in [3.8, 4) is 71.0 Å². The first kappa shape index (κ1) is 95.0. The van der Waals surface area contributed by atoms with Crippen LogP contribution in [0, 0.1) is 36.5 Å².